The van der Waals surface area contributed by atoms with Crippen LogP contribution in [-0.4, -0.2) is 17.2 Å². The summed E-state index contributed by atoms with van der Waals surface area (Å²) in [5.41, 5.74) is 0. The molecule has 1 aliphatic heterocycles. The second kappa shape index (κ2) is 1.67. The van der Waals surface area contributed by atoms with Gasteiger partial charge in [0.1, 0.15) is 0 Å². The number of alkyl halides is 1. The predicted molar refractivity (Wildman–Crippen MR) is 28.3 cm³/mol. The molecule has 0 amide bonds. The van der Waals surface area contributed by atoms with Gasteiger partial charge in [-0.2, -0.15) is 0 Å². The van der Waals surface area contributed by atoms with Crippen molar-refractivity contribution in [1.82, 2.24) is 0 Å². The number of aliphatic imine (C=N–C) groups is 1. The highest BCUT2D eigenvalue weighted by atomic mass is 19.2. The normalized spacial score (nSPS) is 35.8. The lowest BCUT2D eigenvalue weighted by molar-refractivity contribution is -0.0135. The van der Waals surface area contributed by atoms with Gasteiger partial charge in [-0.3, -0.25) is 4.99 Å². The zero-order valence-corrected chi connectivity index (χ0v) is 4.21. The molecule has 0 spiro atoms. The Kier molecular flexibility index (Phi) is 1.13. The molecule has 0 aromatic carbocycles. The first-order valence-electron chi connectivity index (χ1n) is 2.31. The molecular weight excluding hydrogens is 109 g/mol. The fourth-order valence-corrected chi connectivity index (χ4v) is 0.489. The molecule has 0 aromatic heterocycles. The molecule has 0 bridgehead atoms. The van der Waals surface area contributed by atoms with Crippen molar-refractivity contribution in [1.29, 1.82) is 0 Å². The molecule has 1 heterocycles. The monoisotopic (exact) mass is 115 g/mol. The van der Waals surface area contributed by atoms with Gasteiger partial charge in [-0.1, -0.05) is 6.08 Å². The molecule has 1 unspecified atom stereocenters. The van der Waals surface area contributed by atoms with Crippen molar-refractivity contribution in [3.63, 3.8) is 0 Å². The minimum atomic E-state index is -2.20. The van der Waals surface area contributed by atoms with Gasteiger partial charge in [0.05, 0.1) is 6.21 Å². The van der Waals surface area contributed by atoms with Crippen molar-refractivity contribution in [3.8, 4) is 0 Å². The second-order valence-corrected chi connectivity index (χ2v) is 1.69. The molecule has 8 heavy (non-hydrogen) atoms. The summed E-state index contributed by atoms with van der Waals surface area (Å²) in [5, 5.41) is 8.51. The van der Waals surface area contributed by atoms with Crippen molar-refractivity contribution in [2.75, 3.05) is 0 Å². The third-order valence-corrected chi connectivity index (χ3v) is 0.868. The van der Waals surface area contributed by atoms with E-state index in [1.165, 1.54) is 12.3 Å². The zero-order chi connectivity index (χ0) is 6.04. The lowest BCUT2D eigenvalue weighted by Crippen LogP contribution is -2.23. The van der Waals surface area contributed by atoms with Crippen molar-refractivity contribution in [2.45, 2.75) is 12.3 Å². The highest BCUT2D eigenvalue weighted by molar-refractivity contribution is 5.68. The van der Waals surface area contributed by atoms with Gasteiger partial charge in [0, 0.05) is 12.6 Å². The molecule has 1 aliphatic rings. The van der Waals surface area contributed by atoms with Gasteiger partial charge < -0.3 is 5.11 Å². The van der Waals surface area contributed by atoms with Gasteiger partial charge in [0.2, 0.25) is 5.85 Å². The molecular formula is C5H6FNO. The lowest BCUT2D eigenvalue weighted by atomic mass is 10.2. The number of hydrogen-bond acceptors (Lipinski definition) is 2. The van der Waals surface area contributed by atoms with Crippen molar-refractivity contribution >= 4 is 6.21 Å². The largest absolute Gasteiger partial charge is 0.357 e. The fourth-order valence-electron chi connectivity index (χ4n) is 0.489. The fraction of sp³-hybridized carbons (Fsp3) is 0.400. The third-order valence-electron chi connectivity index (χ3n) is 0.868. The molecule has 0 saturated carbocycles. The van der Waals surface area contributed by atoms with Crippen LogP contribution in [0.1, 0.15) is 6.42 Å². The average Bonchev–Trinajstić information content (AvgIpc) is 1.65. The quantitative estimate of drug-likeness (QED) is 0.493. The first-order valence-corrected chi connectivity index (χ1v) is 2.31. The van der Waals surface area contributed by atoms with E-state index in [2.05, 4.69) is 4.99 Å². The Labute approximate surface area is 46.4 Å². The Morgan fingerprint density at radius 3 is 2.75 bits per heavy atom. The Balaban J connectivity index is 2.65. The summed E-state index contributed by atoms with van der Waals surface area (Å²) in [6, 6.07) is 0. The smallest absolute Gasteiger partial charge is 0.246 e. The van der Waals surface area contributed by atoms with Crippen LogP contribution in [0.3, 0.4) is 0 Å². The van der Waals surface area contributed by atoms with E-state index in [1.807, 2.05) is 0 Å². The van der Waals surface area contributed by atoms with Gasteiger partial charge in [0.15, 0.2) is 0 Å². The predicted octanol–water partition coefficient (Wildman–Crippen LogP) is 0.633. The van der Waals surface area contributed by atoms with Crippen LogP contribution in [0.5, 0.6) is 0 Å². The maximum Gasteiger partial charge on any atom is 0.246 e. The van der Waals surface area contributed by atoms with Crippen LogP contribution in [0.2, 0.25) is 0 Å². The zero-order valence-electron chi connectivity index (χ0n) is 4.21. The number of aliphatic hydroxyl groups is 1. The van der Waals surface area contributed by atoms with E-state index in [-0.39, 0.29) is 6.42 Å². The van der Waals surface area contributed by atoms with Crippen molar-refractivity contribution in [2.24, 2.45) is 4.99 Å². The third kappa shape index (κ3) is 1.13. The number of rotatable bonds is 0. The van der Waals surface area contributed by atoms with Crippen LogP contribution in [-0.2, 0) is 0 Å². The van der Waals surface area contributed by atoms with Crippen LogP contribution in [0.15, 0.2) is 17.3 Å². The Bertz CT molecular complexity index is 139. The Morgan fingerprint density at radius 1 is 1.75 bits per heavy atom. The molecule has 1 rings (SSSR count). The standard InChI is InChI=1S/C5H6FNO/c6-5(8)2-1-3-7-4-5/h1,3-4,8H,2H2. The Morgan fingerprint density at radius 2 is 2.50 bits per heavy atom. The second-order valence-electron chi connectivity index (χ2n) is 1.69. The maximum absolute atomic E-state index is 12.2. The van der Waals surface area contributed by atoms with E-state index in [0.717, 1.165) is 6.21 Å². The summed E-state index contributed by atoms with van der Waals surface area (Å²) in [4.78, 5) is 3.40. The molecule has 0 fully saturated rings. The molecule has 0 saturated heterocycles. The molecule has 1 N–H and O–H groups in total. The molecule has 2 nitrogen and oxygen atoms in total. The number of nitrogens with zero attached hydrogens (tertiary/aromatic N) is 1. The van der Waals surface area contributed by atoms with Crippen LogP contribution < -0.4 is 0 Å². The first-order chi connectivity index (χ1) is 3.71. The summed E-state index contributed by atoms with van der Waals surface area (Å²) in [5.74, 6) is -2.20. The molecule has 44 valence electrons. The van der Waals surface area contributed by atoms with Crippen molar-refractivity contribution in [3.05, 3.63) is 12.3 Å². The highest BCUT2D eigenvalue weighted by Crippen LogP contribution is 2.12. The SMILES string of the molecule is OC1(F)C=NC=CC1. The summed E-state index contributed by atoms with van der Waals surface area (Å²) < 4.78 is 12.2. The summed E-state index contributed by atoms with van der Waals surface area (Å²) in [6.45, 7) is 0. The lowest BCUT2D eigenvalue weighted by Gasteiger charge is -2.11. The van der Waals surface area contributed by atoms with E-state index < -0.39 is 5.85 Å². The van der Waals surface area contributed by atoms with E-state index in [9.17, 15) is 4.39 Å². The summed E-state index contributed by atoms with van der Waals surface area (Å²) in [6.07, 6.45) is 3.82. The molecule has 0 radical (unpaired) electrons. The van der Waals surface area contributed by atoms with E-state index >= 15 is 0 Å². The van der Waals surface area contributed by atoms with Gasteiger partial charge in [-0.15, -0.1) is 0 Å². The van der Waals surface area contributed by atoms with Crippen LogP contribution in [0, 0.1) is 0 Å². The van der Waals surface area contributed by atoms with E-state index in [1.54, 1.807) is 0 Å². The minimum Gasteiger partial charge on any atom is -0.357 e. The Hall–Kier alpha value is -0.700. The molecule has 1 atom stereocenters. The van der Waals surface area contributed by atoms with Gasteiger partial charge in [-0.25, -0.2) is 4.39 Å². The van der Waals surface area contributed by atoms with E-state index in [0.29, 0.717) is 0 Å². The number of hydrogen-bond donors (Lipinski definition) is 1. The minimum absolute atomic E-state index is 0.0104. The van der Waals surface area contributed by atoms with Crippen LogP contribution in [0.4, 0.5) is 4.39 Å². The summed E-state index contributed by atoms with van der Waals surface area (Å²) >= 11 is 0. The summed E-state index contributed by atoms with van der Waals surface area (Å²) in [7, 11) is 0. The molecule has 0 aromatic rings. The first kappa shape index (κ1) is 5.44. The van der Waals surface area contributed by atoms with Gasteiger partial charge in [-0.05, 0) is 0 Å². The molecule has 3 heteroatoms. The molecule has 0 aliphatic carbocycles. The van der Waals surface area contributed by atoms with Crippen LogP contribution >= 0.6 is 0 Å². The average molecular weight is 115 g/mol. The van der Waals surface area contributed by atoms with Crippen LogP contribution in [0.25, 0.3) is 0 Å². The topological polar surface area (TPSA) is 32.6 Å². The van der Waals surface area contributed by atoms with E-state index in [4.69, 9.17) is 5.11 Å². The van der Waals surface area contributed by atoms with Crippen molar-refractivity contribution < 1.29 is 9.50 Å². The highest BCUT2D eigenvalue weighted by Gasteiger charge is 2.21. The maximum atomic E-state index is 12.2. The number of halogens is 1. The van der Waals surface area contributed by atoms with Gasteiger partial charge in [0.25, 0.3) is 0 Å². The van der Waals surface area contributed by atoms with Gasteiger partial charge >= 0.3 is 0 Å².